The highest BCUT2D eigenvalue weighted by molar-refractivity contribution is 6.05. The number of nitrogens with zero attached hydrogens (tertiary/aromatic N) is 4. The molecule has 0 spiro atoms. The molecule has 3 rings (SSSR count). The summed E-state index contributed by atoms with van der Waals surface area (Å²) in [5.41, 5.74) is 3.04. The number of aromatic nitrogens is 4. The molecule has 134 valence electrons. The topological polar surface area (TPSA) is 81.9 Å². The van der Waals surface area contributed by atoms with E-state index in [4.69, 9.17) is 4.74 Å². The first-order valence-electron chi connectivity index (χ1n) is 8.22. The molecule has 0 aliphatic heterocycles. The maximum atomic E-state index is 12.6. The van der Waals surface area contributed by atoms with Crippen LogP contribution in [0.5, 0.6) is 5.75 Å². The minimum atomic E-state index is -0.211. The molecule has 1 aromatic heterocycles. The number of carbonyl (C=O) groups is 1. The summed E-state index contributed by atoms with van der Waals surface area (Å²) in [6.45, 7) is 6.37. The molecule has 0 unspecified atom stereocenters. The Morgan fingerprint density at radius 3 is 2.42 bits per heavy atom. The zero-order chi connectivity index (χ0) is 18.7. The zero-order valence-corrected chi connectivity index (χ0v) is 15.2. The van der Waals surface area contributed by atoms with Crippen LogP contribution in [0, 0.1) is 0 Å². The molecule has 3 aromatic rings. The van der Waals surface area contributed by atoms with Crippen LogP contribution in [0.15, 0.2) is 48.8 Å². The normalized spacial score (nSPS) is 11.2. The number of hydrogen-bond donors (Lipinski definition) is 1. The fraction of sp³-hybridized carbons (Fsp3) is 0.263. The van der Waals surface area contributed by atoms with Crippen molar-refractivity contribution in [1.29, 1.82) is 0 Å². The second-order valence-corrected chi connectivity index (χ2v) is 6.92. The van der Waals surface area contributed by atoms with E-state index in [-0.39, 0.29) is 11.3 Å². The third-order valence-corrected chi connectivity index (χ3v) is 4.06. The highest BCUT2D eigenvalue weighted by Crippen LogP contribution is 2.31. The van der Waals surface area contributed by atoms with E-state index in [1.165, 1.54) is 11.0 Å². The summed E-state index contributed by atoms with van der Waals surface area (Å²) >= 11 is 0. The van der Waals surface area contributed by atoms with Crippen molar-refractivity contribution in [2.45, 2.75) is 26.2 Å². The van der Waals surface area contributed by atoms with Crippen LogP contribution >= 0.6 is 0 Å². The predicted octanol–water partition coefficient (Wildman–Crippen LogP) is 3.22. The Hall–Kier alpha value is -3.22. The molecule has 1 N–H and O–H groups in total. The third-order valence-electron chi connectivity index (χ3n) is 4.06. The average molecular weight is 351 g/mol. The number of carbonyl (C=O) groups excluding carboxylic acids is 1. The lowest BCUT2D eigenvalue weighted by molar-refractivity contribution is 0.102. The summed E-state index contributed by atoms with van der Waals surface area (Å²) in [5.74, 6) is 0.411. The predicted molar refractivity (Wildman–Crippen MR) is 98.8 cm³/mol. The minimum absolute atomic E-state index is 0.0285. The number of tetrazole rings is 1. The summed E-state index contributed by atoms with van der Waals surface area (Å²) in [6, 6.07) is 12.9. The molecule has 2 aromatic carbocycles. The van der Waals surface area contributed by atoms with E-state index in [1.54, 1.807) is 31.4 Å². The molecular formula is C19H21N5O2. The Kier molecular flexibility index (Phi) is 4.71. The summed E-state index contributed by atoms with van der Waals surface area (Å²) < 4.78 is 6.90. The minimum Gasteiger partial charge on any atom is -0.495 e. The van der Waals surface area contributed by atoms with E-state index in [9.17, 15) is 4.79 Å². The molecule has 0 radical (unpaired) electrons. The van der Waals surface area contributed by atoms with Gasteiger partial charge in [0.1, 0.15) is 12.1 Å². The molecule has 7 nitrogen and oxygen atoms in total. The van der Waals surface area contributed by atoms with E-state index < -0.39 is 0 Å². The van der Waals surface area contributed by atoms with Gasteiger partial charge in [-0.05, 0) is 57.8 Å². The third kappa shape index (κ3) is 3.72. The molecule has 0 aliphatic carbocycles. The van der Waals surface area contributed by atoms with Crippen LogP contribution < -0.4 is 10.1 Å². The average Bonchev–Trinajstić information content (AvgIpc) is 3.15. The van der Waals surface area contributed by atoms with Crippen LogP contribution in [0.1, 0.15) is 36.7 Å². The molecule has 0 atom stereocenters. The van der Waals surface area contributed by atoms with E-state index >= 15 is 0 Å². The van der Waals surface area contributed by atoms with Gasteiger partial charge in [-0.3, -0.25) is 4.79 Å². The smallest absolute Gasteiger partial charge is 0.255 e. The van der Waals surface area contributed by atoms with Crippen LogP contribution in [0.4, 0.5) is 5.69 Å². The van der Waals surface area contributed by atoms with E-state index in [0.29, 0.717) is 17.0 Å². The van der Waals surface area contributed by atoms with Crippen molar-refractivity contribution in [1.82, 2.24) is 20.2 Å². The van der Waals surface area contributed by atoms with Gasteiger partial charge >= 0.3 is 0 Å². The largest absolute Gasteiger partial charge is 0.495 e. The molecule has 26 heavy (non-hydrogen) atoms. The molecule has 0 saturated heterocycles. The van der Waals surface area contributed by atoms with E-state index in [2.05, 4.69) is 41.6 Å². The fourth-order valence-corrected chi connectivity index (χ4v) is 2.51. The summed E-state index contributed by atoms with van der Waals surface area (Å²) in [5, 5.41) is 14.0. The van der Waals surface area contributed by atoms with Crippen molar-refractivity contribution in [3.05, 3.63) is 59.9 Å². The van der Waals surface area contributed by atoms with Crippen LogP contribution in [0.3, 0.4) is 0 Å². The number of ether oxygens (including phenoxy) is 1. The number of nitrogens with one attached hydrogen (secondary N) is 1. The maximum absolute atomic E-state index is 12.6. The van der Waals surface area contributed by atoms with Gasteiger partial charge in [-0.1, -0.05) is 26.8 Å². The lowest BCUT2D eigenvalue weighted by atomic mass is 9.87. The first-order chi connectivity index (χ1) is 12.4. The van der Waals surface area contributed by atoms with Gasteiger partial charge in [-0.2, -0.15) is 0 Å². The van der Waals surface area contributed by atoms with Gasteiger partial charge in [0.05, 0.1) is 18.5 Å². The highest BCUT2D eigenvalue weighted by atomic mass is 16.5. The molecule has 0 bridgehead atoms. The zero-order valence-electron chi connectivity index (χ0n) is 15.2. The van der Waals surface area contributed by atoms with Crippen molar-refractivity contribution >= 4 is 11.6 Å². The Labute approximate surface area is 152 Å². The Balaban J connectivity index is 1.83. The van der Waals surface area contributed by atoms with Crippen molar-refractivity contribution in [3.8, 4) is 11.4 Å². The van der Waals surface area contributed by atoms with Crippen molar-refractivity contribution in [2.24, 2.45) is 0 Å². The van der Waals surface area contributed by atoms with Gasteiger partial charge in [-0.15, -0.1) is 5.10 Å². The molecular weight excluding hydrogens is 330 g/mol. The van der Waals surface area contributed by atoms with Gasteiger partial charge in [0.25, 0.3) is 5.91 Å². The molecule has 7 heteroatoms. The lowest BCUT2D eigenvalue weighted by Gasteiger charge is -2.21. The lowest BCUT2D eigenvalue weighted by Crippen LogP contribution is -2.15. The monoisotopic (exact) mass is 351 g/mol. The summed E-state index contributed by atoms with van der Waals surface area (Å²) in [7, 11) is 1.59. The van der Waals surface area contributed by atoms with Crippen molar-refractivity contribution in [2.75, 3.05) is 12.4 Å². The molecule has 0 saturated carbocycles. The summed E-state index contributed by atoms with van der Waals surface area (Å²) in [6.07, 6.45) is 1.50. The molecule has 0 aliphatic rings. The van der Waals surface area contributed by atoms with Gasteiger partial charge in [-0.25, -0.2) is 4.68 Å². The second-order valence-electron chi connectivity index (χ2n) is 6.92. The van der Waals surface area contributed by atoms with E-state index in [1.807, 2.05) is 18.2 Å². The van der Waals surface area contributed by atoms with Crippen LogP contribution in [-0.2, 0) is 5.41 Å². The molecule has 0 fully saturated rings. The number of benzene rings is 2. The molecule has 1 heterocycles. The number of anilines is 1. The SMILES string of the molecule is COc1ccc(C(C)(C)C)cc1NC(=O)c1ccc(-n2cnnn2)cc1. The Bertz CT molecular complexity index is 897. The Morgan fingerprint density at radius 2 is 1.85 bits per heavy atom. The van der Waals surface area contributed by atoms with Gasteiger partial charge in [0.15, 0.2) is 0 Å². The number of methoxy groups -OCH3 is 1. The molecule has 1 amide bonds. The van der Waals surface area contributed by atoms with Crippen molar-refractivity contribution < 1.29 is 9.53 Å². The Morgan fingerprint density at radius 1 is 1.12 bits per heavy atom. The van der Waals surface area contributed by atoms with Crippen LogP contribution in [0.25, 0.3) is 5.69 Å². The number of amides is 1. The van der Waals surface area contributed by atoms with Gasteiger partial charge < -0.3 is 10.1 Å². The van der Waals surface area contributed by atoms with Gasteiger partial charge in [0.2, 0.25) is 0 Å². The van der Waals surface area contributed by atoms with Crippen molar-refractivity contribution in [3.63, 3.8) is 0 Å². The standard InChI is InChI=1S/C19H21N5O2/c1-19(2,3)14-7-10-17(26-4)16(11-14)21-18(25)13-5-8-15(9-6-13)24-12-20-22-23-24/h5-12H,1-4H3,(H,21,25). The fourth-order valence-electron chi connectivity index (χ4n) is 2.51. The second kappa shape index (κ2) is 6.95. The summed E-state index contributed by atoms with van der Waals surface area (Å²) in [4.78, 5) is 12.6. The quantitative estimate of drug-likeness (QED) is 0.780. The number of hydrogen-bond acceptors (Lipinski definition) is 5. The number of rotatable bonds is 4. The van der Waals surface area contributed by atoms with Crippen LogP contribution in [0.2, 0.25) is 0 Å². The van der Waals surface area contributed by atoms with Gasteiger partial charge in [0, 0.05) is 5.56 Å². The van der Waals surface area contributed by atoms with Crippen LogP contribution in [-0.4, -0.2) is 33.2 Å². The first-order valence-corrected chi connectivity index (χ1v) is 8.22. The maximum Gasteiger partial charge on any atom is 0.255 e. The van der Waals surface area contributed by atoms with E-state index in [0.717, 1.165) is 11.3 Å². The first kappa shape index (κ1) is 17.6. The highest BCUT2D eigenvalue weighted by Gasteiger charge is 2.17.